The molecule has 1 saturated heterocycles. The smallest absolute Gasteiger partial charge is 0.404 e. The highest BCUT2D eigenvalue weighted by molar-refractivity contribution is 6.32. The van der Waals surface area contributed by atoms with Crippen LogP contribution < -0.4 is 9.64 Å². The molecule has 3 heterocycles. The average Bonchev–Trinajstić information content (AvgIpc) is 3.78. The Kier molecular flexibility index (Phi) is 10.4. The van der Waals surface area contributed by atoms with E-state index in [1.54, 1.807) is 25.2 Å². The molecule has 1 aliphatic heterocycles. The Labute approximate surface area is 270 Å². The lowest BCUT2D eigenvalue weighted by molar-refractivity contribution is -0.171. The Morgan fingerprint density at radius 1 is 1.09 bits per heavy atom. The predicted molar refractivity (Wildman–Crippen MR) is 165 cm³/mol. The normalized spacial score (nSPS) is 16.3. The van der Waals surface area contributed by atoms with Gasteiger partial charge in [-0.25, -0.2) is 4.98 Å². The van der Waals surface area contributed by atoms with Gasteiger partial charge >= 0.3 is 6.18 Å². The van der Waals surface area contributed by atoms with Gasteiger partial charge < -0.3 is 24.0 Å². The van der Waals surface area contributed by atoms with E-state index in [1.807, 2.05) is 0 Å². The maximum atomic E-state index is 13.9. The summed E-state index contributed by atoms with van der Waals surface area (Å²) in [5.41, 5.74) is 0.145. The quantitative estimate of drug-likeness (QED) is 0.215. The third-order valence-electron chi connectivity index (χ3n) is 8.62. The topological polar surface area (TPSA) is 105 Å². The van der Waals surface area contributed by atoms with E-state index in [-0.39, 0.29) is 41.0 Å². The predicted octanol–water partition coefficient (Wildman–Crippen LogP) is 6.08. The van der Waals surface area contributed by atoms with E-state index >= 15 is 0 Å². The fourth-order valence-corrected chi connectivity index (χ4v) is 6.00. The van der Waals surface area contributed by atoms with Crippen molar-refractivity contribution in [3.05, 3.63) is 64.4 Å². The molecule has 1 atom stereocenters. The fraction of sp³-hybridized carbons (Fsp3) is 0.531. The number of nitrogens with zero attached hydrogens (tertiary/aromatic N) is 6. The first kappa shape index (κ1) is 33.5. The molecule has 46 heavy (non-hydrogen) atoms. The lowest BCUT2D eigenvalue weighted by atomic mass is 9.92. The second-order valence-corrected chi connectivity index (χ2v) is 12.4. The van der Waals surface area contributed by atoms with Crippen LogP contribution in [0, 0.1) is 5.92 Å². The first-order chi connectivity index (χ1) is 21.9. The van der Waals surface area contributed by atoms with E-state index in [0.29, 0.717) is 35.8 Å². The zero-order valence-corrected chi connectivity index (χ0v) is 26.9. The summed E-state index contributed by atoms with van der Waals surface area (Å²) >= 11 is 6.46. The summed E-state index contributed by atoms with van der Waals surface area (Å²) in [5.74, 6) is -0.823. The number of hydrogen-bond acceptors (Lipinski definition) is 8. The van der Waals surface area contributed by atoms with Crippen LogP contribution >= 0.6 is 11.6 Å². The zero-order chi connectivity index (χ0) is 33.0. The first-order valence-electron chi connectivity index (χ1n) is 15.4. The molecule has 0 radical (unpaired) electrons. The van der Waals surface area contributed by atoms with Crippen molar-refractivity contribution in [3.8, 4) is 5.75 Å². The number of carbonyl (C=O) groups excluding carboxylic acids is 2. The van der Waals surface area contributed by atoms with Crippen LogP contribution in [0.1, 0.15) is 78.0 Å². The maximum absolute atomic E-state index is 13.9. The second-order valence-electron chi connectivity index (χ2n) is 12.1. The number of aromatic nitrogens is 3. The standard InChI is InChI=1S/C32H38ClF3N6O4/c1-40(31(44)27(32(34,35)36)22-7-4-8-23(18-22)45-3)15-5-6-20-13-16-42(17-14-20)26-12-11-24(28(33)38-26)30(43)41(2)19-25-37-29(46-39-25)21-9-10-21/h4,7-8,11-12,18,20-21,27H,5-6,9-10,13-17,19H2,1-3H3/t27-/m0/s1. The van der Waals surface area contributed by atoms with Gasteiger partial charge in [-0.3, -0.25) is 9.59 Å². The summed E-state index contributed by atoms with van der Waals surface area (Å²) in [5, 5.41) is 4.08. The van der Waals surface area contributed by atoms with Crippen molar-refractivity contribution in [1.29, 1.82) is 0 Å². The molecule has 2 aromatic heterocycles. The lowest BCUT2D eigenvalue weighted by Crippen LogP contribution is -2.39. The summed E-state index contributed by atoms with van der Waals surface area (Å²) < 4.78 is 52.1. The molecule has 2 amide bonds. The first-order valence-corrected chi connectivity index (χ1v) is 15.8. The Hall–Kier alpha value is -3.87. The van der Waals surface area contributed by atoms with Crippen molar-refractivity contribution >= 4 is 29.2 Å². The monoisotopic (exact) mass is 662 g/mol. The van der Waals surface area contributed by atoms with Crippen molar-refractivity contribution in [2.75, 3.05) is 45.7 Å². The number of rotatable bonds is 12. The van der Waals surface area contributed by atoms with E-state index in [9.17, 15) is 22.8 Å². The number of ether oxygens (including phenoxy) is 1. The molecule has 2 fully saturated rings. The van der Waals surface area contributed by atoms with E-state index < -0.39 is 18.0 Å². The molecule has 3 aromatic rings. The van der Waals surface area contributed by atoms with Crippen LogP contribution in [0.25, 0.3) is 0 Å². The van der Waals surface area contributed by atoms with Gasteiger partial charge in [-0.1, -0.05) is 28.9 Å². The van der Waals surface area contributed by atoms with Crippen LogP contribution in [0.3, 0.4) is 0 Å². The molecule has 14 heteroatoms. The van der Waals surface area contributed by atoms with Crippen LogP contribution in [-0.2, 0) is 11.3 Å². The van der Waals surface area contributed by atoms with Gasteiger partial charge in [0.15, 0.2) is 11.7 Å². The van der Waals surface area contributed by atoms with Crippen LogP contribution in [0.2, 0.25) is 5.15 Å². The highest BCUT2D eigenvalue weighted by Crippen LogP contribution is 2.39. The molecule has 248 valence electrons. The van der Waals surface area contributed by atoms with Gasteiger partial charge in [0.1, 0.15) is 16.7 Å². The Balaban J connectivity index is 1.08. The van der Waals surface area contributed by atoms with Crippen LogP contribution in [0.15, 0.2) is 40.9 Å². The van der Waals surface area contributed by atoms with E-state index in [1.165, 1.54) is 42.2 Å². The van der Waals surface area contributed by atoms with Gasteiger partial charge in [0, 0.05) is 39.6 Å². The van der Waals surface area contributed by atoms with Crippen LogP contribution in [0.4, 0.5) is 19.0 Å². The lowest BCUT2D eigenvalue weighted by Gasteiger charge is -2.33. The number of methoxy groups -OCH3 is 1. The molecule has 2 aliphatic rings. The molecule has 0 unspecified atom stereocenters. The van der Waals surface area contributed by atoms with E-state index in [0.717, 1.165) is 45.2 Å². The van der Waals surface area contributed by atoms with Gasteiger partial charge in [0.05, 0.1) is 19.2 Å². The van der Waals surface area contributed by atoms with Crippen LogP contribution in [0.5, 0.6) is 5.75 Å². The number of piperidine rings is 1. The second kappa shape index (κ2) is 14.3. The van der Waals surface area contributed by atoms with Gasteiger partial charge in [-0.05, 0) is 74.3 Å². The van der Waals surface area contributed by atoms with Crippen molar-refractivity contribution < 1.29 is 32.0 Å². The van der Waals surface area contributed by atoms with Gasteiger partial charge in [-0.15, -0.1) is 0 Å². The van der Waals surface area contributed by atoms with Gasteiger partial charge in [-0.2, -0.15) is 18.2 Å². The fourth-order valence-electron chi connectivity index (χ4n) is 5.77. The Morgan fingerprint density at radius 2 is 1.83 bits per heavy atom. The highest BCUT2D eigenvalue weighted by atomic mass is 35.5. The van der Waals surface area contributed by atoms with Crippen molar-refractivity contribution in [3.63, 3.8) is 0 Å². The molecule has 5 rings (SSSR count). The van der Waals surface area contributed by atoms with Gasteiger partial charge in [0.25, 0.3) is 5.91 Å². The number of carbonyl (C=O) groups is 2. The summed E-state index contributed by atoms with van der Waals surface area (Å²) in [6.07, 6.45) is 0.475. The number of benzene rings is 1. The third kappa shape index (κ3) is 8.09. The maximum Gasteiger partial charge on any atom is 0.404 e. The molecule has 0 bridgehead atoms. The summed E-state index contributed by atoms with van der Waals surface area (Å²) in [6, 6.07) is 9.01. The summed E-state index contributed by atoms with van der Waals surface area (Å²) in [7, 11) is 4.43. The van der Waals surface area contributed by atoms with Crippen LogP contribution in [-0.4, -0.2) is 83.8 Å². The number of anilines is 1. The number of amides is 2. The summed E-state index contributed by atoms with van der Waals surface area (Å²) in [6.45, 7) is 1.87. The molecule has 1 aliphatic carbocycles. The van der Waals surface area contributed by atoms with E-state index in [2.05, 4.69) is 20.0 Å². The Morgan fingerprint density at radius 3 is 2.48 bits per heavy atom. The number of halogens is 4. The number of hydrogen-bond donors (Lipinski definition) is 0. The van der Waals surface area contributed by atoms with E-state index in [4.69, 9.17) is 20.9 Å². The molecule has 1 aromatic carbocycles. The number of pyridine rings is 1. The Bertz CT molecular complexity index is 1520. The molecule has 0 N–H and O–H groups in total. The largest absolute Gasteiger partial charge is 0.497 e. The summed E-state index contributed by atoms with van der Waals surface area (Å²) in [4.78, 5) is 39.6. The minimum Gasteiger partial charge on any atom is -0.497 e. The molecular weight excluding hydrogens is 625 g/mol. The SMILES string of the molecule is COc1cccc([C@@H](C(=O)N(C)CCCC2CCN(c3ccc(C(=O)N(C)Cc4noc(C5CC5)n4)c(Cl)n3)CC2)C(F)(F)F)c1. The zero-order valence-electron chi connectivity index (χ0n) is 26.1. The van der Waals surface area contributed by atoms with Crippen molar-refractivity contribution in [1.82, 2.24) is 24.9 Å². The minimum atomic E-state index is -4.72. The number of alkyl halides is 3. The van der Waals surface area contributed by atoms with Crippen molar-refractivity contribution in [2.45, 2.75) is 63.1 Å². The molecular formula is C32H38ClF3N6O4. The average molecular weight is 663 g/mol. The molecule has 10 nitrogen and oxygen atoms in total. The van der Waals surface area contributed by atoms with Crippen molar-refractivity contribution in [2.24, 2.45) is 5.92 Å². The minimum absolute atomic E-state index is 0.113. The highest BCUT2D eigenvalue weighted by Gasteiger charge is 2.47. The molecule has 0 spiro atoms. The molecule has 1 saturated carbocycles. The third-order valence-corrected chi connectivity index (χ3v) is 8.91. The number of likely N-dealkylation sites (N-methyl/N-ethyl adjacent to an activating group) is 1. The van der Waals surface area contributed by atoms with Gasteiger partial charge in [0.2, 0.25) is 11.8 Å².